The summed E-state index contributed by atoms with van der Waals surface area (Å²) in [5.41, 5.74) is 0.157. The lowest BCUT2D eigenvalue weighted by atomic mass is 10.2. The maximum absolute atomic E-state index is 12.9. The lowest BCUT2D eigenvalue weighted by Gasteiger charge is -2.34. The van der Waals surface area contributed by atoms with Gasteiger partial charge < -0.3 is 4.90 Å². The van der Waals surface area contributed by atoms with E-state index in [-0.39, 0.29) is 10.5 Å². The lowest BCUT2D eigenvalue weighted by molar-refractivity contribution is 0.383. The van der Waals surface area contributed by atoms with E-state index in [1.54, 1.807) is 29.2 Å². The fraction of sp³-hybridized carbons (Fsp3) is 0.222. The van der Waals surface area contributed by atoms with Crippen LogP contribution in [0.5, 0.6) is 0 Å². The van der Waals surface area contributed by atoms with Gasteiger partial charge in [0.25, 0.3) is 0 Å². The topological polar surface area (TPSA) is 108 Å². The molecule has 1 aliphatic heterocycles. The van der Waals surface area contributed by atoms with Crippen LogP contribution in [-0.4, -0.2) is 58.7 Å². The molecular weight excluding hydrogens is 378 g/mol. The smallest absolute Gasteiger partial charge is 0.244 e. The number of piperazine rings is 1. The van der Waals surface area contributed by atoms with Gasteiger partial charge in [-0.3, -0.25) is 0 Å². The van der Waals surface area contributed by atoms with Crippen molar-refractivity contribution < 1.29 is 8.42 Å². The molecule has 0 N–H and O–H groups in total. The van der Waals surface area contributed by atoms with Crippen LogP contribution in [0.3, 0.4) is 0 Å². The Kier molecular flexibility index (Phi) is 4.77. The van der Waals surface area contributed by atoms with Crippen molar-refractivity contribution in [3.8, 4) is 11.9 Å². The normalized spacial score (nSPS) is 15.3. The number of nitrogens with zero attached hydrogens (tertiary/aromatic N) is 7. The summed E-state index contributed by atoms with van der Waals surface area (Å²) in [4.78, 5) is 10.6. The molecule has 0 saturated carbocycles. The van der Waals surface area contributed by atoms with Crippen LogP contribution in [-0.2, 0) is 10.0 Å². The van der Waals surface area contributed by atoms with Crippen molar-refractivity contribution in [2.75, 3.05) is 31.1 Å². The van der Waals surface area contributed by atoms with Crippen molar-refractivity contribution in [2.24, 2.45) is 0 Å². The van der Waals surface area contributed by atoms with Gasteiger partial charge in [-0.25, -0.2) is 23.1 Å². The Morgan fingerprint density at radius 3 is 2.46 bits per heavy atom. The van der Waals surface area contributed by atoms with Crippen molar-refractivity contribution >= 4 is 15.8 Å². The minimum atomic E-state index is -3.72. The monoisotopic (exact) mass is 395 g/mol. The van der Waals surface area contributed by atoms with E-state index < -0.39 is 10.0 Å². The molecule has 9 nitrogen and oxygen atoms in total. The van der Waals surface area contributed by atoms with E-state index in [0.29, 0.717) is 32.0 Å². The highest BCUT2D eigenvalue weighted by Gasteiger charge is 2.30. The number of hydrogen-bond donors (Lipinski definition) is 0. The highest BCUT2D eigenvalue weighted by molar-refractivity contribution is 7.89. The van der Waals surface area contributed by atoms with E-state index in [2.05, 4.69) is 15.1 Å². The van der Waals surface area contributed by atoms with Crippen LogP contribution in [0.15, 0.2) is 60.0 Å². The molecular formula is C18H17N7O2S. The second kappa shape index (κ2) is 7.38. The fourth-order valence-corrected chi connectivity index (χ4v) is 4.68. The molecule has 0 aliphatic carbocycles. The average Bonchev–Trinajstić information content (AvgIpc) is 3.29. The summed E-state index contributed by atoms with van der Waals surface area (Å²) in [6.07, 6.45) is 4.94. The molecule has 2 aromatic heterocycles. The summed E-state index contributed by atoms with van der Waals surface area (Å²) in [6.45, 7) is 1.60. The third-order valence-corrected chi connectivity index (χ3v) is 6.52. The summed E-state index contributed by atoms with van der Waals surface area (Å²) in [7, 11) is -3.72. The van der Waals surface area contributed by atoms with Gasteiger partial charge in [0.05, 0.1) is 10.5 Å². The molecule has 1 aliphatic rings. The number of anilines is 1. The molecule has 1 saturated heterocycles. The van der Waals surface area contributed by atoms with Crippen LogP contribution in [0.2, 0.25) is 0 Å². The third kappa shape index (κ3) is 3.33. The van der Waals surface area contributed by atoms with Crippen molar-refractivity contribution in [1.82, 2.24) is 24.1 Å². The van der Waals surface area contributed by atoms with E-state index in [4.69, 9.17) is 0 Å². The van der Waals surface area contributed by atoms with Gasteiger partial charge in [-0.15, -0.1) is 0 Å². The van der Waals surface area contributed by atoms with Crippen LogP contribution in [0.1, 0.15) is 5.56 Å². The largest absolute Gasteiger partial charge is 0.354 e. The van der Waals surface area contributed by atoms with Crippen LogP contribution in [0, 0.1) is 11.3 Å². The van der Waals surface area contributed by atoms with Crippen molar-refractivity contribution in [2.45, 2.75) is 4.90 Å². The number of aromatic nitrogens is 4. The van der Waals surface area contributed by atoms with Crippen LogP contribution in [0.4, 0.5) is 5.82 Å². The second-order valence-corrected chi connectivity index (χ2v) is 8.09. The summed E-state index contributed by atoms with van der Waals surface area (Å²) >= 11 is 0. The first-order chi connectivity index (χ1) is 13.6. The van der Waals surface area contributed by atoms with Gasteiger partial charge >= 0.3 is 0 Å². The van der Waals surface area contributed by atoms with E-state index in [0.717, 1.165) is 5.82 Å². The molecule has 0 radical (unpaired) electrons. The minimum Gasteiger partial charge on any atom is -0.354 e. The minimum absolute atomic E-state index is 0.0500. The van der Waals surface area contributed by atoms with E-state index >= 15 is 0 Å². The Balaban J connectivity index is 1.51. The second-order valence-electron chi connectivity index (χ2n) is 6.18. The van der Waals surface area contributed by atoms with Crippen LogP contribution in [0.25, 0.3) is 5.82 Å². The molecule has 28 heavy (non-hydrogen) atoms. The zero-order valence-corrected chi connectivity index (χ0v) is 15.7. The highest BCUT2D eigenvalue weighted by atomic mass is 32.2. The van der Waals surface area contributed by atoms with Crippen molar-refractivity contribution in [3.05, 3.63) is 60.7 Å². The van der Waals surface area contributed by atoms with Crippen molar-refractivity contribution in [3.63, 3.8) is 0 Å². The zero-order chi connectivity index (χ0) is 19.6. The zero-order valence-electron chi connectivity index (χ0n) is 14.9. The third-order valence-electron chi connectivity index (χ3n) is 4.57. The summed E-state index contributed by atoms with van der Waals surface area (Å²) in [5.74, 6) is 1.36. The van der Waals surface area contributed by atoms with E-state index in [1.807, 2.05) is 23.1 Å². The average molecular weight is 395 g/mol. The fourth-order valence-electron chi connectivity index (χ4n) is 3.12. The predicted molar refractivity (Wildman–Crippen MR) is 101 cm³/mol. The Hall–Kier alpha value is -3.29. The molecule has 0 unspecified atom stereocenters. The molecule has 1 fully saturated rings. The number of benzene rings is 1. The Labute approximate surface area is 162 Å². The van der Waals surface area contributed by atoms with Gasteiger partial charge in [0.1, 0.15) is 18.2 Å². The van der Waals surface area contributed by atoms with Gasteiger partial charge in [-0.05, 0) is 18.2 Å². The van der Waals surface area contributed by atoms with Gasteiger partial charge in [0.15, 0.2) is 5.82 Å². The van der Waals surface area contributed by atoms with Gasteiger partial charge in [0, 0.05) is 44.6 Å². The first-order valence-electron chi connectivity index (χ1n) is 8.66. The van der Waals surface area contributed by atoms with Gasteiger partial charge in [0.2, 0.25) is 10.0 Å². The van der Waals surface area contributed by atoms with E-state index in [9.17, 15) is 13.7 Å². The molecule has 0 spiro atoms. The van der Waals surface area contributed by atoms with Crippen LogP contribution < -0.4 is 4.90 Å². The summed E-state index contributed by atoms with van der Waals surface area (Å²) in [5, 5.41) is 13.4. The van der Waals surface area contributed by atoms with Gasteiger partial charge in [-0.2, -0.15) is 14.7 Å². The molecule has 142 valence electrons. The Morgan fingerprint density at radius 2 is 1.75 bits per heavy atom. The first kappa shape index (κ1) is 18.1. The number of sulfonamides is 1. The molecule has 4 rings (SSSR count). The van der Waals surface area contributed by atoms with Gasteiger partial charge in [-0.1, -0.05) is 12.1 Å². The number of hydrogen-bond acceptors (Lipinski definition) is 7. The standard InChI is InChI=1S/C18H17N7O2S/c19-13-15-4-1-2-5-16(15)28(26,27)24-10-8-23(9-11-24)17-12-18(21-14-20-17)25-7-3-6-22-25/h1-7,12,14H,8-11H2. The molecule has 10 heteroatoms. The maximum atomic E-state index is 12.9. The highest BCUT2D eigenvalue weighted by Crippen LogP contribution is 2.23. The molecule has 0 bridgehead atoms. The predicted octanol–water partition coefficient (Wildman–Crippen LogP) is 1.04. The molecule has 0 amide bonds. The molecule has 1 aromatic carbocycles. The first-order valence-corrected chi connectivity index (χ1v) is 10.1. The molecule has 3 heterocycles. The number of rotatable bonds is 4. The van der Waals surface area contributed by atoms with Crippen LogP contribution >= 0.6 is 0 Å². The lowest BCUT2D eigenvalue weighted by Crippen LogP contribution is -2.49. The SMILES string of the molecule is N#Cc1ccccc1S(=O)(=O)N1CCN(c2cc(-n3cccn3)ncn2)CC1. The summed E-state index contributed by atoms with van der Waals surface area (Å²) in [6, 6.07) is 11.9. The number of nitriles is 1. The molecule has 0 atom stereocenters. The van der Waals surface area contributed by atoms with Crippen molar-refractivity contribution in [1.29, 1.82) is 5.26 Å². The Bertz CT molecular complexity index is 1110. The Morgan fingerprint density at radius 1 is 1.00 bits per heavy atom. The quantitative estimate of drug-likeness (QED) is 0.649. The van der Waals surface area contributed by atoms with E-state index in [1.165, 1.54) is 22.8 Å². The molecule has 3 aromatic rings. The summed E-state index contributed by atoms with van der Waals surface area (Å²) < 4.78 is 28.9. The maximum Gasteiger partial charge on any atom is 0.244 e.